The quantitative estimate of drug-likeness (QED) is 0.831. The molecule has 0 saturated heterocycles. The first-order valence-corrected chi connectivity index (χ1v) is 5.61. The Labute approximate surface area is 104 Å². The maximum Gasteiger partial charge on any atom is 0.256 e. The third-order valence-corrected chi connectivity index (χ3v) is 2.54. The lowest BCUT2D eigenvalue weighted by Crippen LogP contribution is -2.25. The van der Waals surface area contributed by atoms with Crippen molar-refractivity contribution in [2.24, 2.45) is 0 Å². The van der Waals surface area contributed by atoms with Gasteiger partial charge in [-0.3, -0.25) is 9.48 Å². The molecular formula is C12H13FN4O. The van der Waals surface area contributed by atoms with E-state index in [4.69, 9.17) is 0 Å². The summed E-state index contributed by atoms with van der Waals surface area (Å²) in [5, 5.41) is 6.72. The van der Waals surface area contributed by atoms with Crippen LogP contribution in [-0.4, -0.2) is 20.7 Å². The molecule has 0 radical (unpaired) electrons. The van der Waals surface area contributed by atoms with Gasteiger partial charge in [0.2, 0.25) is 5.95 Å². The van der Waals surface area contributed by atoms with Gasteiger partial charge in [0.15, 0.2) is 0 Å². The van der Waals surface area contributed by atoms with Gasteiger partial charge in [0.25, 0.3) is 5.91 Å². The van der Waals surface area contributed by atoms with E-state index < -0.39 is 11.9 Å². The van der Waals surface area contributed by atoms with Gasteiger partial charge in [-0.15, -0.1) is 0 Å². The predicted molar refractivity (Wildman–Crippen MR) is 63.3 cm³/mol. The largest absolute Gasteiger partial charge is 0.346 e. The molecule has 5 nitrogen and oxygen atoms in total. The summed E-state index contributed by atoms with van der Waals surface area (Å²) in [6, 6.07) is 4.73. The minimum atomic E-state index is -0.765. The van der Waals surface area contributed by atoms with Gasteiger partial charge in [0, 0.05) is 18.9 Å². The van der Waals surface area contributed by atoms with Crippen LogP contribution in [0.2, 0.25) is 0 Å². The van der Waals surface area contributed by atoms with Crippen LogP contribution in [0, 0.1) is 5.95 Å². The van der Waals surface area contributed by atoms with Gasteiger partial charge in [0.05, 0.1) is 17.8 Å². The molecule has 18 heavy (non-hydrogen) atoms. The van der Waals surface area contributed by atoms with Crippen LogP contribution in [0.25, 0.3) is 0 Å². The zero-order valence-electron chi connectivity index (χ0n) is 9.93. The molecule has 0 aliphatic heterocycles. The fourth-order valence-corrected chi connectivity index (χ4v) is 1.62. The number of hydrogen-bond acceptors (Lipinski definition) is 3. The highest BCUT2D eigenvalue weighted by atomic mass is 19.1. The highest BCUT2D eigenvalue weighted by Gasteiger charge is 2.12. The Hall–Kier alpha value is -2.24. The number of nitrogens with zero attached hydrogens (tertiary/aromatic N) is 3. The second kappa shape index (κ2) is 5.39. The summed E-state index contributed by atoms with van der Waals surface area (Å²) < 4.78 is 15.0. The number of carbonyl (C=O) groups excluding carboxylic acids is 1. The maximum absolute atomic E-state index is 13.3. The Morgan fingerprint density at radius 3 is 3.00 bits per heavy atom. The number of rotatable bonds is 4. The van der Waals surface area contributed by atoms with Crippen LogP contribution in [0.1, 0.15) is 23.0 Å². The van der Waals surface area contributed by atoms with Gasteiger partial charge in [-0.1, -0.05) is 0 Å². The molecule has 0 unspecified atom stereocenters. The smallest absolute Gasteiger partial charge is 0.256 e. The first-order chi connectivity index (χ1) is 8.72. The zero-order valence-corrected chi connectivity index (χ0v) is 9.93. The lowest BCUT2D eigenvalue weighted by molar-refractivity contribution is 0.0945. The second-order valence-corrected chi connectivity index (χ2v) is 3.66. The lowest BCUT2D eigenvalue weighted by Gasteiger charge is -2.07. The SMILES string of the molecule is CCn1nccc1CNC(=O)c1cccnc1F. The molecule has 94 valence electrons. The topological polar surface area (TPSA) is 59.8 Å². The number of pyridine rings is 1. The van der Waals surface area contributed by atoms with Crippen LogP contribution in [0.5, 0.6) is 0 Å². The van der Waals surface area contributed by atoms with E-state index in [1.807, 2.05) is 13.0 Å². The van der Waals surface area contributed by atoms with E-state index in [0.29, 0.717) is 6.54 Å². The number of halogens is 1. The van der Waals surface area contributed by atoms with Gasteiger partial charge >= 0.3 is 0 Å². The van der Waals surface area contributed by atoms with Crippen molar-refractivity contribution in [2.45, 2.75) is 20.0 Å². The van der Waals surface area contributed by atoms with Gasteiger partial charge in [0.1, 0.15) is 0 Å². The van der Waals surface area contributed by atoms with E-state index in [2.05, 4.69) is 15.4 Å². The molecule has 0 fully saturated rings. The number of carbonyl (C=O) groups is 1. The first kappa shape index (κ1) is 12.2. The number of nitrogens with one attached hydrogen (secondary N) is 1. The number of aryl methyl sites for hydroxylation is 1. The zero-order chi connectivity index (χ0) is 13.0. The summed E-state index contributed by atoms with van der Waals surface area (Å²) in [6.07, 6.45) is 2.97. The van der Waals surface area contributed by atoms with Crippen LogP contribution >= 0.6 is 0 Å². The number of amides is 1. The molecule has 0 spiro atoms. The van der Waals surface area contributed by atoms with Crippen molar-refractivity contribution < 1.29 is 9.18 Å². The molecule has 2 aromatic rings. The van der Waals surface area contributed by atoms with Crippen molar-refractivity contribution in [1.82, 2.24) is 20.1 Å². The Kier molecular flexibility index (Phi) is 3.66. The van der Waals surface area contributed by atoms with E-state index in [9.17, 15) is 9.18 Å². The Morgan fingerprint density at radius 1 is 1.44 bits per heavy atom. The highest BCUT2D eigenvalue weighted by Crippen LogP contribution is 2.04. The average molecular weight is 248 g/mol. The first-order valence-electron chi connectivity index (χ1n) is 5.61. The molecule has 0 saturated carbocycles. The van der Waals surface area contributed by atoms with Crippen molar-refractivity contribution in [3.63, 3.8) is 0 Å². The Balaban J connectivity index is 2.03. The molecule has 0 atom stereocenters. The van der Waals surface area contributed by atoms with E-state index in [1.54, 1.807) is 10.9 Å². The van der Waals surface area contributed by atoms with Crippen molar-refractivity contribution in [1.29, 1.82) is 0 Å². The van der Waals surface area contributed by atoms with Crippen LogP contribution in [0.3, 0.4) is 0 Å². The van der Waals surface area contributed by atoms with Crippen molar-refractivity contribution in [2.75, 3.05) is 0 Å². The summed E-state index contributed by atoms with van der Waals surface area (Å²) in [5.41, 5.74) is 0.815. The van der Waals surface area contributed by atoms with Gasteiger partial charge in [-0.2, -0.15) is 9.49 Å². The Bertz CT molecular complexity index is 553. The molecule has 2 heterocycles. The maximum atomic E-state index is 13.3. The van der Waals surface area contributed by atoms with E-state index >= 15 is 0 Å². The minimum absolute atomic E-state index is 0.0555. The molecule has 1 amide bonds. The van der Waals surface area contributed by atoms with Crippen molar-refractivity contribution >= 4 is 5.91 Å². The van der Waals surface area contributed by atoms with Gasteiger partial charge in [-0.05, 0) is 25.1 Å². The van der Waals surface area contributed by atoms with Crippen LogP contribution in [-0.2, 0) is 13.1 Å². The molecule has 6 heteroatoms. The van der Waals surface area contributed by atoms with Crippen LogP contribution < -0.4 is 5.32 Å². The molecular weight excluding hydrogens is 235 g/mol. The fourth-order valence-electron chi connectivity index (χ4n) is 1.62. The average Bonchev–Trinajstić information content (AvgIpc) is 2.84. The standard InChI is InChI=1S/C12H13FN4O/c1-2-17-9(5-7-16-17)8-15-12(18)10-4-3-6-14-11(10)13/h3-7H,2,8H2,1H3,(H,15,18). The molecule has 2 rings (SSSR count). The third-order valence-electron chi connectivity index (χ3n) is 2.54. The monoisotopic (exact) mass is 248 g/mol. The van der Waals surface area contributed by atoms with E-state index in [0.717, 1.165) is 12.2 Å². The molecule has 0 aliphatic carbocycles. The molecule has 0 aromatic carbocycles. The van der Waals surface area contributed by atoms with Crippen LogP contribution in [0.15, 0.2) is 30.6 Å². The lowest BCUT2D eigenvalue weighted by atomic mass is 10.2. The van der Waals surface area contributed by atoms with Crippen LogP contribution in [0.4, 0.5) is 4.39 Å². The second-order valence-electron chi connectivity index (χ2n) is 3.66. The van der Waals surface area contributed by atoms with Crippen molar-refractivity contribution in [3.05, 3.63) is 47.8 Å². The summed E-state index contributed by atoms with van der Waals surface area (Å²) in [7, 11) is 0. The summed E-state index contributed by atoms with van der Waals surface area (Å²) in [6.45, 7) is 2.99. The highest BCUT2D eigenvalue weighted by molar-refractivity contribution is 5.93. The molecule has 2 aromatic heterocycles. The predicted octanol–water partition coefficient (Wildman–Crippen LogP) is 1.37. The third kappa shape index (κ3) is 2.53. The fraction of sp³-hybridized carbons (Fsp3) is 0.250. The van der Waals surface area contributed by atoms with Gasteiger partial charge in [-0.25, -0.2) is 4.98 Å². The number of hydrogen-bond donors (Lipinski definition) is 1. The van der Waals surface area contributed by atoms with Gasteiger partial charge < -0.3 is 5.32 Å². The van der Waals surface area contributed by atoms with E-state index in [1.165, 1.54) is 18.3 Å². The minimum Gasteiger partial charge on any atom is -0.346 e. The molecule has 0 bridgehead atoms. The normalized spacial score (nSPS) is 10.3. The van der Waals surface area contributed by atoms with Crippen molar-refractivity contribution in [3.8, 4) is 0 Å². The van der Waals surface area contributed by atoms with E-state index in [-0.39, 0.29) is 5.56 Å². The summed E-state index contributed by atoms with van der Waals surface area (Å²) >= 11 is 0. The molecule has 0 aliphatic rings. The number of aromatic nitrogens is 3. The Morgan fingerprint density at radius 2 is 2.28 bits per heavy atom. The molecule has 1 N–H and O–H groups in total. The summed E-state index contributed by atoms with van der Waals surface area (Å²) in [5.74, 6) is -1.25. The summed E-state index contributed by atoms with van der Waals surface area (Å²) in [4.78, 5) is 15.2.